The highest BCUT2D eigenvalue weighted by molar-refractivity contribution is 5.83. The zero-order valence-corrected chi connectivity index (χ0v) is 18.3. The molecule has 0 spiro atoms. The first-order valence-electron chi connectivity index (χ1n) is 10.9. The Morgan fingerprint density at radius 3 is 2.59 bits per heavy atom. The van der Waals surface area contributed by atoms with Crippen molar-refractivity contribution in [3.8, 4) is 5.75 Å². The molecule has 170 valence electrons. The van der Waals surface area contributed by atoms with Crippen LogP contribution in [0.25, 0.3) is 10.9 Å². The van der Waals surface area contributed by atoms with Crippen LogP contribution in [-0.4, -0.2) is 45.3 Å². The third-order valence-corrected chi connectivity index (χ3v) is 6.05. The lowest BCUT2D eigenvalue weighted by molar-refractivity contribution is -0.148. The molecule has 1 N–H and O–H groups in total. The molecule has 4 rings (SSSR count). The van der Waals surface area contributed by atoms with E-state index in [-0.39, 0.29) is 36.5 Å². The highest BCUT2D eigenvalue weighted by Gasteiger charge is 2.44. The number of ether oxygens (including phenoxy) is 1. The van der Waals surface area contributed by atoms with E-state index in [9.17, 15) is 18.7 Å². The summed E-state index contributed by atoms with van der Waals surface area (Å²) >= 11 is 0. The lowest BCUT2D eigenvalue weighted by atomic mass is 9.81. The van der Waals surface area contributed by atoms with Crippen molar-refractivity contribution in [3.05, 3.63) is 66.4 Å². The van der Waals surface area contributed by atoms with Gasteiger partial charge < -0.3 is 19.3 Å². The molecule has 2 heterocycles. The molecule has 1 aliphatic heterocycles. The molecule has 0 radical (unpaired) electrons. The predicted molar refractivity (Wildman–Crippen MR) is 118 cm³/mol. The van der Waals surface area contributed by atoms with E-state index in [2.05, 4.69) is 0 Å². The minimum Gasteiger partial charge on any atom is -0.486 e. The van der Waals surface area contributed by atoms with Crippen LogP contribution in [0.1, 0.15) is 26.7 Å². The van der Waals surface area contributed by atoms with Crippen molar-refractivity contribution in [2.24, 2.45) is 5.92 Å². The zero-order valence-electron chi connectivity index (χ0n) is 18.3. The number of carbonyl (C=O) groups excluding carboxylic acids is 1. The average Bonchev–Trinajstić information content (AvgIpc) is 3.12. The number of benzene rings is 2. The number of rotatable bonds is 6. The molecule has 1 fully saturated rings. The van der Waals surface area contributed by atoms with Gasteiger partial charge in [-0.3, -0.25) is 4.79 Å². The van der Waals surface area contributed by atoms with Gasteiger partial charge in [-0.25, -0.2) is 8.78 Å². The summed E-state index contributed by atoms with van der Waals surface area (Å²) in [5.41, 5.74) is -0.437. The van der Waals surface area contributed by atoms with Crippen molar-refractivity contribution in [1.82, 2.24) is 9.47 Å². The smallest absolute Gasteiger partial charge is 0.242 e. The van der Waals surface area contributed by atoms with Gasteiger partial charge in [0.05, 0.1) is 12.1 Å². The molecule has 1 amide bonds. The van der Waals surface area contributed by atoms with Gasteiger partial charge in [-0.2, -0.15) is 0 Å². The van der Waals surface area contributed by atoms with Crippen LogP contribution in [0.2, 0.25) is 0 Å². The molecule has 2 aromatic carbocycles. The van der Waals surface area contributed by atoms with E-state index in [0.29, 0.717) is 30.7 Å². The second kappa shape index (κ2) is 8.90. The summed E-state index contributed by atoms with van der Waals surface area (Å²) in [4.78, 5) is 14.8. The van der Waals surface area contributed by atoms with Crippen LogP contribution < -0.4 is 4.74 Å². The highest BCUT2D eigenvalue weighted by atomic mass is 19.1. The molecular weight excluding hydrogens is 414 g/mol. The predicted octanol–water partition coefficient (Wildman–Crippen LogP) is 4.38. The molecule has 5 nitrogen and oxygen atoms in total. The van der Waals surface area contributed by atoms with E-state index < -0.39 is 11.7 Å². The molecule has 2 atom stereocenters. The summed E-state index contributed by atoms with van der Waals surface area (Å²) < 4.78 is 34.8. The summed E-state index contributed by atoms with van der Waals surface area (Å²) in [6.07, 6.45) is 2.03. The van der Waals surface area contributed by atoms with Crippen molar-refractivity contribution in [2.45, 2.75) is 44.9 Å². The van der Waals surface area contributed by atoms with Gasteiger partial charge in [0, 0.05) is 12.7 Å². The van der Waals surface area contributed by atoms with Gasteiger partial charge >= 0.3 is 0 Å². The zero-order chi connectivity index (χ0) is 22.9. The van der Waals surface area contributed by atoms with Crippen LogP contribution in [0.4, 0.5) is 8.78 Å². The van der Waals surface area contributed by atoms with Crippen molar-refractivity contribution in [1.29, 1.82) is 0 Å². The fourth-order valence-corrected chi connectivity index (χ4v) is 4.48. The fourth-order valence-electron chi connectivity index (χ4n) is 4.48. The Bertz CT molecular complexity index is 1100. The number of hydrogen-bond acceptors (Lipinski definition) is 3. The topological polar surface area (TPSA) is 54.7 Å². The van der Waals surface area contributed by atoms with Crippen molar-refractivity contribution in [2.75, 3.05) is 13.1 Å². The maximum Gasteiger partial charge on any atom is 0.242 e. The summed E-state index contributed by atoms with van der Waals surface area (Å²) in [6.45, 7) is 4.74. The van der Waals surface area contributed by atoms with Crippen molar-refractivity contribution >= 4 is 16.8 Å². The first kappa shape index (κ1) is 22.3. The van der Waals surface area contributed by atoms with E-state index in [1.165, 1.54) is 36.4 Å². The summed E-state index contributed by atoms with van der Waals surface area (Å²) in [6, 6.07) is 12.0. The number of nitrogens with zero attached hydrogens (tertiary/aromatic N) is 2. The fraction of sp³-hybridized carbons (Fsp3) is 0.400. The lowest BCUT2D eigenvalue weighted by Crippen LogP contribution is -2.59. The van der Waals surface area contributed by atoms with Gasteiger partial charge in [-0.05, 0) is 72.7 Å². The monoisotopic (exact) mass is 442 g/mol. The van der Waals surface area contributed by atoms with Crippen LogP contribution >= 0.6 is 0 Å². The molecule has 3 aromatic rings. The SMILES string of the molecule is CC(C)C[C@]1(O)CCN(C(=O)Cn2ccc3ccc(F)cc32)C[C@@H]1Oc1ccc(F)cc1. The minimum absolute atomic E-state index is 0.0683. The van der Waals surface area contributed by atoms with Gasteiger partial charge in [-0.1, -0.05) is 13.8 Å². The Hall–Kier alpha value is -2.93. The molecule has 0 bridgehead atoms. The molecule has 1 aliphatic rings. The number of carbonyl (C=O) groups is 1. The second-order valence-corrected chi connectivity index (χ2v) is 9.00. The lowest BCUT2D eigenvalue weighted by Gasteiger charge is -2.45. The van der Waals surface area contributed by atoms with Gasteiger partial charge in [0.1, 0.15) is 35.6 Å². The average molecular weight is 443 g/mol. The minimum atomic E-state index is -1.09. The Labute approximate surface area is 186 Å². The summed E-state index contributed by atoms with van der Waals surface area (Å²) in [5, 5.41) is 12.2. The molecular formula is C25H28F2N2O3. The standard InChI is InChI=1S/C25H28F2N2O3/c1-17(2)14-25(31)10-12-29(15-23(25)32-21-7-5-19(26)6-8-21)24(30)16-28-11-9-18-3-4-20(27)13-22(18)28/h3-9,11,13,17,23,31H,10,12,14-16H2,1-2H3/t23-,25+/m0/s1. The number of fused-ring (bicyclic) bond motifs is 1. The van der Waals surface area contributed by atoms with E-state index in [1.807, 2.05) is 19.9 Å². The van der Waals surface area contributed by atoms with Crippen LogP contribution in [0, 0.1) is 17.6 Å². The number of aromatic nitrogens is 1. The second-order valence-electron chi connectivity index (χ2n) is 9.00. The molecule has 32 heavy (non-hydrogen) atoms. The van der Waals surface area contributed by atoms with Crippen molar-refractivity contribution in [3.63, 3.8) is 0 Å². The van der Waals surface area contributed by atoms with Crippen molar-refractivity contribution < 1.29 is 23.4 Å². The van der Waals surface area contributed by atoms with E-state index in [4.69, 9.17) is 4.74 Å². The number of aliphatic hydroxyl groups is 1. The van der Waals surface area contributed by atoms with Gasteiger partial charge in [0.2, 0.25) is 5.91 Å². The third-order valence-electron chi connectivity index (χ3n) is 6.05. The molecule has 1 saturated heterocycles. The molecule has 1 aromatic heterocycles. The van der Waals surface area contributed by atoms with Crippen LogP contribution in [0.3, 0.4) is 0 Å². The van der Waals surface area contributed by atoms with Gasteiger partial charge in [0.15, 0.2) is 0 Å². The number of amides is 1. The third kappa shape index (κ3) is 4.78. The van der Waals surface area contributed by atoms with Gasteiger partial charge in [-0.15, -0.1) is 0 Å². The van der Waals surface area contributed by atoms with Gasteiger partial charge in [0.25, 0.3) is 0 Å². The molecule has 0 saturated carbocycles. The quantitative estimate of drug-likeness (QED) is 0.617. The first-order chi connectivity index (χ1) is 15.2. The van der Waals surface area contributed by atoms with Crippen LogP contribution in [0.5, 0.6) is 5.75 Å². The number of hydrogen-bond donors (Lipinski definition) is 1. The largest absolute Gasteiger partial charge is 0.486 e. The highest BCUT2D eigenvalue weighted by Crippen LogP contribution is 2.32. The Balaban J connectivity index is 1.52. The summed E-state index contributed by atoms with van der Waals surface area (Å²) in [7, 11) is 0. The maximum atomic E-state index is 13.7. The van der Waals surface area contributed by atoms with E-state index >= 15 is 0 Å². The van der Waals surface area contributed by atoms with E-state index in [0.717, 1.165) is 5.39 Å². The summed E-state index contributed by atoms with van der Waals surface area (Å²) in [5.74, 6) is -0.173. The number of likely N-dealkylation sites (tertiary alicyclic amines) is 1. The van der Waals surface area contributed by atoms with Crippen LogP contribution in [0.15, 0.2) is 54.7 Å². The number of halogens is 2. The molecule has 0 aliphatic carbocycles. The van der Waals surface area contributed by atoms with E-state index in [1.54, 1.807) is 21.7 Å². The molecule has 7 heteroatoms. The number of piperidine rings is 1. The van der Waals surface area contributed by atoms with Crippen LogP contribution in [-0.2, 0) is 11.3 Å². The molecule has 0 unspecified atom stereocenters. The maximum absolute atomic E-state index is 13.7. The Morgan fingerprint density at radius 2 is 1.88 bits per heavy atom. The Morgan fingerprint density at radius 1 is 1.16 bits per heavy atom. The Kier molecular flexibility index (Phi) is 6.20. The first-order valence-corrected chi connectivity index (χ1v) is 10.9. The normalized spacial score (nSPS) is 21.3.